The van der Waals surface area contributed by atoms with E-state index in [0.717, 1.165) is 25.0 Å². The van der Waals surface area contributed by atoms with E-state index in [1.54, 1.807) is 12.1 Å². The van der Waals surface area contributed by atoms with Crippen LogP contribution in [0.15, 0.2) is 40.6 Å². The first-order chi connectivity index (χ1) is 12.5. The van der Waals surface area contributed by atoms with Gasteiger partial charge in [0.15, 0.2) is 17.3 Å². The molecule has 0 fully saturated rings. The highest BCUT2D eigenvalue weighted by molar-refractivity contribution is 6.38. The molecule has 0 saturated heterocycles. The van der Waals surface area contributed by atoms with Gasteiger partial charge in [-0.3, -0.25) is 0 Å². The van der Waals surface area contributed by atoms with Gasteiger partial charge >= 0.3 is 0 Å². The van der Waals surface area contributed by atoms with Crippen molar-refractivity contribution < 1.29 is 13.5 Å². The number of nitrogens with zero attached hydrogens (tertiary/aromatic N) is 2. The van der Waals surface area contributed by atoms with E-state index in [9.17, 15) is 8.78 Å². The van der Waals surface area contributed by atoms with E-state index in [-0.39, 0.29) is 15.7 Å². The van der Waals surface area contributed by atoms with Crippen LogP contribution < -0.4 is 4.74 Å². The van der Waals surface area contributed by atoms with Gasteiger partial charge in [0.1, 0.15) is 11.4 Å². The van der Waals surface area contributed by atoms with Crippen molar-refractivity contribution in [2.24, 2.45) is 10.2 Å². The van der Waals surface area contributed by atoms with Crippen molar-refractivity contribution in [3.8, 4) is 5.75 Å². The molecule has 0 aromatic heterocycles. The molecule has 0 N–H and O–H groups in total. The Morgan fingerprint density at radius 3 is 2.08 bits per heavy atom. The van der Waals surface area contributed by atoms with E-state index in [1.807, 2.05) is 0 Å². The molecule has 0 atom stereocenters. The van der Waals surface area contributed by atoms with Crippen LogP contribution in [0, 0.1) is 11.6 Å². The first-order valence-electron chi connectivity index (χ1n) is 8.50. The minimum atomic E-state index is -0.816. The average Bonchev–Trinajstić information content (AvgIpc) is 2.59. The number of benzene rings is 2. The first-order valence-corrected chi connectivity index (χ1v) is 9.26. The molecule has 2 rings (SSSR count). The number of ether oxygens (including phenoxy) is 1. The molecule has 0 amide bonds. The van der Waals surface area contributed by atoms with Crippen molar-refractivity contribution in [1.29, 1.82) is 0 Å². The van der Waals surface area contributed by atoms with Crippen molar-refractivity contribution in [1.82, 2.24) is 0 Å². The molecule has 0 aliphatic carbocycles. The Hall–Kier alpha value is -1.72. The first kappa shape index (κ1) is 20.6. The highest BCUT2D eigenvalue weighted by Crippen LogP contribution is 2.38. The standard InChI is InChI=1S/C19H20Cl2F2N2O/c1-2-3-4-5-6-10-26-13-11-14(20)18(15(21)12-13)24-25-19-16(22)8-7-9-17(19)23/h7-9,11-12H,2-6,10H2,1H3. The van der Waals surface area contributed by atoms with Gasteiger partial charge < -0.3 is 4.74 Å². The summed E-state index contributed by atoms with van der Waals surface area (Å²) in [6, 6.07) is 6.56. The largest absolute Gasteiger partial charge is 0.493 e. The van der Waals surface area contributed by atoms with Crippen LogP contribution in [0.5, 0.6) is 5.75 Å². The lowest BCUT2D eigenvalue weighted by Gasteiger charge is -2.09. The van der Waals surface area contributed by atoms with Crippen molar-refractivity contribution >= 4 is 34.6 Å². The summed E-state index contributed by atoms with van der Waals surface area (Å²) in [6.07, 6.45) is 5.66. The summed E-state index contributed by atoms with van der Waals surface area (Å²) in [4.78, 5) is 0. The molecule has 0 radical (unpaired) electrons. The molecule has 2 aromatic carbocycles. The van der Waals surface area contributed by atoms with Gasteiger partial charge in [-0.2, -0.15) is 0 Å². The van der Waals surface area contributed by atoms with Crippen molar-refractivity contribution in [3.05, 3.63) is 52.0 Å². The molecule has 0 heterocycles. The van der Waals surface area contributed by atoms with Gasteiger partial charge in [-0.1, -0.05) is 61.9 Å². The van der Waals surface area contributed by atoms with E-state index in [4.69, 9.17) is 27.9 Å². The monoisotopic (exact) mass is 400 g/mol. The zero-order chi connectivity index (χ0) is 18.9. The van der Waals surface area contributed by atoms with Gasteiger partial charge in [0, 0.05) is 12.1 Å². The van der Waals surface area contributed by atoms with Crippen LogP contribution in [0.25, 0.3) is 0 Å². The molecule has 0 unspecified atom stereocenters. The van der Waals surface area contributed by atoms with Gasteiger partial charge in [-0.25, -0.2) is 8.78 Å². The topological polar surface area (TPSA) is 34.0 Å². The minimum Gasteiger partial charge on any atom is -0.493 e. The van der Waals surface area contributed by atoms with Crippen LogP contribution in [0.4, 0.5) is 20.2 Å². The van der Waals surface area contributed by atoms with E-state index in [1.165, 1.54) is 25.3 Å². The molecule has 140 valence electrons. The predicted octanol–water partition coefficient (Wildman–Crippen LogP) is 8.04. The molecule has 0 aliphatic heterocycles. The van der Waals surface area contributed by atoms with Gasteiger partial charge in [0.05, 0.1) is 16.7 Å². The van der Waals surface area contributed by atoms with Gasteiger partial charge in [0.2, 0.25) is 0 Å². The Morgan fingerprint density at radius 1 is 0.885 bits per heavy atom. The minimum absolute atomic E-state index is 0.131. The summed E-state index contributed by atoms with van der Waals surface area (Å²) in [6.45, 7) is 2.73. The maximum atomic E-state index is 13.6. The highest BCUT2D eigenvalue weighted by atomic mass is 35.5. The van der Waals surface area contributed by atoms with Crippen LogP contribution in [-0.2, 0) is 0 Å². The van der Waals surface area contributed by atoms with Gasteiger partial charge in [0.25, 0.3) is 0 Å². The maximum absolute atomic E-state index is 13.6. The normalized spacial score (nSPS) is 11.3. The highest BCUT2D eigenvalue weighted by Gasteiger charge is 2.11. The van der Waals surface area contributed by atoms with Crippen molar-refractivity contribution in [3.63, 3.8) is 0 Å². The zero-order valence-corrected chi connectivity index (χ0v) is 16.0. The molecule has 0 bridgehead atoms. The Bertz CT molecular complexity index is 726. The second-order valence-electron chi connectivity index (χ2n) is 5.77. The number of hydrogen-bond donors (Lipinski definition) is 0. The van der Waals surface area contributed by atoms with Gasteiger partial charge in [-0.05, 0) is 18.6 Å². The summed E-state index contributed by atoms with van der Waals surface area (Å²) in [7, 11) is 0. The third kappa shape index (κ3) is 5.92. The summed E-state index contributed by atoms with van der Waals surface area (Å²) >= 11 is 12.3. The summed E-state index contributed by atoms with van der Waals surface area (Å²) < 4.78 is 32.8. The number of unbranched alkanes of at least 4 members (excludes halogenated alkanes) is 4. The molecule has 3 nitrogen and oxygen atoms in total. The van der Waals surface area contributed by atoms with Gasteiger partial charge in [-0.15, -0.1) is 10.2 Å². The number of azo groups is 1. The number of halogens is 4. The number of rotatable bonds is 9. The smallest absolute Gasteiger partial charge is 0.157 e. The Labute approximate surface area is 162 Å². The lowest BCUT2D eigenvalue weighted by molar-refractivity contribution is 0.304. The van der Waals surface area contributed by atoms with Crippen LogP contribution in [0.2, 0.25) is 10.0 Å². The van der Waals surface area contributed by atoms with Crippen LogP contribution in [0.1, 0.15) is 39.0 Å². The fraction of sp³-hybridized carbons (Fsp3) is 0.368. The zero-order valence-electron chi connectivity index (χ0n) is 14.4. The summed E-state index contributed by atoms with van der Waals surface area (Å²) in [5.74, 6) is -1.11. The predicted molar refractivity (Wildman–Crippen MR) is 101 cm³/mol. The lowest BCUT2D eigenvalue weighted by atomic mass is 10.2. The Balaban J connectivity index is 2.04. The third-order valence-corrected chi connectivity index (χ3v) is 4.27. The Morgan fingerprint density at radius 2 is 1.46 bits per heavy atom. The number of hydrogen-bond acceptors (Lipinski definition) is 3. The van der Waals surface area contributed by atoms with E-state index in [2.05, 4.69) is 17.2 Å². The fourth-order valence-corrected chi connectivity index (χ4v) is 2.84. The van der Waals surface area contributed by atoms with E-state index in [0.29, 0.717) is 12.4 Å². The SMILES string of the molecule is CCCCCCCOc1cc(Cl)c(N=Nc2c(F)cccc2F)c(Cl)c1. The molecule has 26 heavy (non-hydrogen) atoms. The summed E-state index contributed by atoms with van der Waals surface area (Å²) in [5, 5.41) is 7.78. The second kappa shape index (κ2) is 10.4. The third-order valence-electron chi connectivity index (χ3n) is 3.69. The fourth-order valence-electron chi connectivity index (χ4n) is 2.30. The average molecular weight is 401 g/mol. The molecule has 2 aromatic rings. The molecular weight excluding hydrogens is 381 g/mol. The molecular formula is C19H20Cl2F2N2O. The van der Waals surface area contributed by atoms with E-state index >= 15 is 0 Å². The molecule has 0 spiro atoms. The van der Waals surface area contributed by atoms with E-state index < -0.39 is 17.3 Å². The maximum Gasteiger partial charge on any atom is 0.157 e. The molecule has 7 heteroatoms. The second-order valence-corrected chi connectivity index (χ2v) is 6.58. The van der Waals surface area contributed by atoms with Crippen LogP contribution in [0.3, 0.4) is 0 Å². The molecule has 0 aliphatic rings. The molecule has 0 saturated carbocycles. The van der Waals surface area contributed by atoms with Crippen LogP contribution in [-0.4, -0.2) is 6.61 Å². The quantitative estimate of drug-likeness (QED) is 0.309. The van der Waals surface area contributed by atoms with Crippen molar-refractivity contribution in [2.75, 3.05) is 6.61 Å². The Kier molecular flexibility index (Phi) is 8.26. The lowest BCUT2D eigenvalue weighted by Crippen LogP contribution is -1.97. The summed E-state index contributed by atoms with van der Waals surface area (Å²) in [5.41, 5.74) is -0.363. The van der Waals surface area contributed by atoms with Crippen LogP contribution >= 0.6 is 23.2 Å². The van der Waals surface area contributed by atoms with Crippen molar-refractivity contribution in [2.45, 2.75) is 39.0 Å².